The molecule has 0 unspecified atom stereocenters. The molecule has 3 heterocycles. The third-order valence-corrected chi connectivity index (χ3v) is 7.20. The standard InChI is InChI=1S/C28H22ClN5O4/c1-33-27(37)24(35)22(26-31-20-8-4-5-9-21(20)38-26)32-28(33)34-13-12-15-10-11-16(25(30)36)14-18(15)23(34)17-6-2-3-7-19(17)29/h2-11,14,23,35H,12-13H2,1H3,(H2,30,36)/t23-/m1/s1. The highest BCUT2D eigenvalue weighted by Gasteiger charge is 2.34. The van der Waals surface area contributed by atoms with Crippen molar-refractivity contribution in [1.82, 2.24) is 14.5 Å². The first kappa shape index (κ1) is 23.7. The molecule has 0 radical (unpaired) electrons. The van der Waals surface area contributed by atoms with Crippen LogP contribution >= 0.6 is 11.6 Å². The number of aromatic nitrogens is 3. The van der Waals surface area contributed by atoms with Gasteiger partial charge < -0.3 is 20.2 Å². The van der Waals surface area contributed by atoms with Gasteiger partial charge in [0.25, 0.3) is 11.4 Å². The topological polar surface area (TPSA) is 127 Å². The van der Waals surface area contributed by atoms with Crippen molar-refractivity contribution in [3.05, 3.63) is 104 Å². The number of hydrogen-bond donors (Lipinski definition) is 2. The molecule has 6 rings (SSSR count). The predicted molar refractivity (Wildman–Crippen MR) is 143 cm³/mol. The summed E-state index contributed by atoms with van der Waals surface area (Å²) in [5.74, 6) is -0.794. The Kier molecular flexibility index (Phi) is 5.65. The third-order valence-electron chi connectivity index (χ3n) is 6.86. The number of fused-ring (bicyclic) bond motifs is 2. The predicted octanol–water partition coefficient (Wildman–Crippen LogP) is 4.20. The zero-order valence-corrected chi connectivity index (χ0v) is 21.0. The van der Waals surface area contributed by atoms with Gasteiger partial charge in [-0.15, -0.1) is 0 Å². The summed E-state index contributed by atoms with van der Waals surface area (Å²) in [6, 6.07) is 19.4. The average Bonchev–Trinajstić information content (AvgIpc) is 3.35. The van der Waals surface area contributed by atoms with Crippen LogP contribution in [0.3, 0.4) is 0 Å². The molecule has 1 atom stereocenters. The highest BCUT2D eigenvalue weighted by atomic mass is 35.5. The maximum atomic E-state index is 13.2. The summed E-state index contributed by atoms with van der Waals surface area (Å²) in [7, 11) is 1.54. The lowest BCUT2D eigenvalue weighted by Gasteiger charge is -2.39. The number of rotatable bonds is 4. The minimum Gasteiger partial charge on any atom is -0.501 e. The molecule has 0 saturated heterocycles. The molecule has 1 amide bonds. The lowest BCUT2D eigenvalue weighted by atomic mass is 9.87. The van der Waals surface area contributed by atoms with Gasteiger partial charge in [0.1, 0.15) is 5.52 Å². The maximum Gasteiger partial charge on any atom is 0.297 e. The Morgan fingerprint density at radius 2 is 1.84 bits per heavy atom. The van der Waals surface area contributed by atoms with E-state index in [9.17, 15) is 14.7 Å². The second-order valence-corrected chi connectivity index (χ2v) is 9.51. The Bertz CT molecular complexity index is 1760. The van der Waals surface area contributed by atoms with Gasteiger partial charge in [0.2, 0.25) is 17.6 Å². The van der Waals surface area contributed by atoms with Crippen molar-refractivity contribution in [3.8, 4) is 17.3 Å². The van der Waals surface area contributed by atoms with Crippen molar-refractivity contribution in [2.45, 2.75) is 12.5 Å². The summed E-state index contributed by atoms with van der Waals surface area (Å²) in [4.78, 5) is 36.3. The number of anilines is 1. The van der Waals surface area contributed by atoms with Crippen LogP contribution in [0.15, 0.2) is 75.9 Å². The molecule has 0 bridgehead atoms. The number of para-hydroxylation sites is 2. The Morgan fingerprint density at radius 1 is 1.08 bits per heavy atom. The van der Waals surface area contributed by atoms with E-state index in [0.29, 0.717) is 34.7 Å². The van der Waals surface area contributed by atoms with Crippen LogP contribution in [0.4, 0.5) is 5.95 Å². The Labute approximate surface area is 221 Å². The zero-order chi connectivity index (χ0) is 26.6. The molecule has 38 heavy (non-hydrogen) atoms. The molecular weight excluding hydrogens is 506 g/mol. The summed E-state index contributed by atoms with van der Waals surface area (Å²) in [5.41, 5.74) is 8.95. The van der Waals surface area contributed by atoms with Gasteiger partial charge in [-0.25, -0.2) is 9.97 Å². The molecule has 190 valence electrons. The average molecular weight is 528 g/mol. The van der Waals surface area contributed by atoms with Crippen molar-refractivity contribution >= 4 is 34.6 Å². The van der Waals surface area contributed by atoms with Crippen molar-refractivity contribution < 1.29 is 14.3 Å². The van der Waals surface area contributed by atoms with Crippen LogP contribution in [-0.2, 0) is 13.5 Å². The molecule has 1 aliphatic rings. The number of primary amides is 1. The third kappa shape index (κ3) is 3.79. The van der Waals surface area contributed by atoms with Gasteiger partial charge >= 0.3 is 0 Å². The van der Waals surface area contributed by atoms with Crippen LogP contribution in [0.5, 0.6) is 5.75 Å². The summed E-state index contributed by atoms with van der Waals surface area (Å²) < 4.78 is 7.11. The first-order valence-electron chi connectivity index (χ1n) is 11.9. The van der Waals surface area contributed by atoms with E-state index < -0.39 is 23.3 Å². The number of nitrogens with zero attached hydrogens (tertiary/aromatic N) is 4. The van der Waals surface area contributed by atoms with Crippen LogP contribution in [0.1, 0.15) is 33.1 Å². The molecule has 1 aliphatic heterocycles. The minimum atomic E-state index is -0.651. The summed E-state index contributed by atoms with van der Waals surface area (Å²) >= 11 is 6.68. The van der Waals surface area contributed by atoms with Gasteiger partial charge in [-0.2, -0.15) is 0 Å². The SMILES string of the molecule is Cn1c(N2CCc3ccc(C(N)=O)cc3[C@H]2c2ccccc2Cl)nc(-c2nc3ccccc3o2)c(O)c1=O. The monoisotopic (exact) mass is 527 g/mol. The number of carbonyl (C=O) groups excluding carboxylic acids is 1. The fourth-order valence-electron chi connectivity index (χ4n) is 4.97. The number of carbonyl (C=O) groups is 1. The molecule has 0 saturated carbocycles. The number of oxazole rings is 1. The quantitative estimate of drug-likeness (QED) is 0.358. The minimum absolute atomic E-state index is 0.0327. The first-order chi connectivity index (χ1) is 18.3. The van der Waals surface area contributed by atoms with E-state index >= 15 is 0 Å². The van der Waals surface area contributed by atoms with Gasteiger partial charge in [0.15, 0.2) is 11.3 Å². The molecule has 0 spiro atoms. The normalized spacial score (nSPS) is 15.0. The van der Waals surface area contributed by atoms with Crippen LogP contribution in [0.25, 0.3) is 22.7 Å². The van der Waals surface area contributed by atoms with E-state index in [1.807, 2.05) is 35.2 Å². The van der Waals surface area contributed by atoms with E-state index in [0.717, 1.165) is 16.7 Å². The molecule has 2 aromatic heterocycles. The molecule has 0 aliphatic carbocycles. The maximum absolute atomic E-state index is 13.2. The van der Waals surface area contributed by atoms with E-state index in [2.05, 4.69) is 4.98 Å². The lowest BCUT2D eigenvalue weighted by molar-refractivity contribution is 0.1000. The zero-order valence-electron chi connectivity index (χ0n) is 20.3. The Hall–Kier alpha value is -4.63. The highest BCUT2D eigenvalue weighted by molar-refractivity contribution is 6.31. The van der Waals surface area contributed by atoms with Gasteiger partial charge in [0, 0.05) is 24.2 Å². The molecule has 3 aromatic carbocycles. The fraction of sp³-hybridized carbons (Fsp3) is 0.143. The van der Waals surface area contributed by atoms with E-state index in [4.69, 9.17) is 26.7 Å². The van der Waals surface area contributed by atoms with Gasteiger partial charge in [-0.05, 0) is 53.4 Å². The fourth-order valence-corrected chi connectivity index (χ4v) is 5.21. The van der Waals surface area contributed by atoms with E-state index in [-0.39, 0.29) is 17.5 Å². The van der Waals surface area contributed by atoms with E-state index in [1.54, 1.807) is 43.4 Å². The van der Waals surface area contributed by atoms with Gasteiger partial charge in [-0.3, -0.25) is 14.2 Å². The molecule has 10 heteroatoms. The molecule has 3 N–H and O–H groups in total. The largest absolute Gasteiger partial charge is 0.501 e. The van der Waals surface area contributed by atoms with Gasteiger partial charge in [0.05, 0.1) is 6.04 Å². The number of amides is 1. The van der Waals surface area contributed by atoms with E-state index in [1.165, 1.54) is 4.57 Å². The Balaban J connectivity index is 1.58. The lowest BCUT2D eigenvalue weighted by Crippen LogP contribution is -2.40. The van der Waals surface area contributed by atoms with Crippen molar-refractivity contribution in [2.75, 3.05) is 11.4 Å². The molecular formula is C28H22ClN5O4. The van der Waals surface area contributed by atoms with Crippen molar-refractivity contribution in [1.29, 1.82) is 0 Å². The van der Waals surface area contributed by atoms with Crippen LogP contribution < -0.4 is 16.2 Å². The van der Waals surface area contributed by atoms with Crippen molar-refractivity contribution in [3.63, 3.8) is 0 Å². The van der Waals surface area contributed by atoms with Crippen LogP contribution in [-0.4, -0.2) is 32.1 Å². The first-order valence-corrected chi connectivity index (χ1v) is 12.3. The molecule has 0 fully saturated rings. The van der Waals surface area contributed by atoms with Crippen LogP contribution in [0, 0.1) is 0 Å². The summed E-state index contributed by atoms with van der Waals surface area (Å²) in [6.45, 7) is 0.483. The second-order valence-electron chi connectivity index (χ2n) is 9.11. The number of hydrogen-bond acceptors (Lipinski definition) is 7. The highest BCUT2D eigenvalue weighted by Crippen LogP contribution is 2.41. The number of halogens is 1. The summed E-state index contributed by atoms with van der Waals surface area (Å²) in [5, 5.41) is 11.3. The molecule has 9 nitrogen and oxygen atoms in total. The van der Waals surface area contributed by atoms with Crippen LogP contribution in [0.2, 0.25) is 5.02 Å². The van der Waals surface area contributed by atoms with Gasteiger partial charge in [-0.1, -0.05) is 48.0 Å². The smallest absolute Gasteiger partial charge is 0.297 e. The summed E-state index contributed by atoms with van der Waals surface area (Å²) in [6.07, 6.45) is 0.615. The number of aromatic hydroxyl groups is 1. The molecule has 5 aromatic rings. The number of nitrogens with two attached hydrogens (primary N) is 1. The Morgan fingerprint density at radius 3 is 2.61 bits per heavy atom. The second kappa shape index (κ2) is 9.04. The van der Waals surface area contributed by atoms with Crippen molar-refractivity contribution in [2.24, 2.45) is 12.8 Å². The number of benzene rings is 3.